The third-order valence-electron chi connectivity index (χ3n) is 3.95. The van der Waals surface area contributed by atoms with E-state index in [1.54, 1.807) is 31.2 Å². The maximum Gasteiger partial charge on any atom is 0.256 e. The molecule has 2 N–H and O–H groups in total. The Morgan fingerprint density at radius 1 is 1.23 bits per heavy atom. The second-order valence-corrected chi connectivity index (χ2v) is 5.23. The molecule has 0 saturated heterocycles. The van der Waals surface area contributed by atoms with Gasteiger partial charge in [-0.15, -0.1) is 0 Å². The molecule has 1 amide bonds. The molecule has 22 heavy (non-hydrogen) atoms. The summed E-state index contributed by atoms with van der Waals surface area (Å²) >= 11 is 0. The summed E-state index contributed by atoms with van der Waals surface area (Å²) in [6.07, 6.45) is 2.34. The first-order chi connectivity index (χ1) is 10.5. The van der Waals surface area contributed by atoms with Crippen LogP contribution >= 0.6 is 0 Å². The fourth-order valence-electron chi connectivity index (χ4n) is 2.75. The molecule has 0 aromatic heterocycles. The van der Waals surface area contributed by atoms with Gasteiger partial charge in [0.1, 0.15) is 11.6 Å². The third-order valence-corrected chi connectivity index (χ3v) is 3.95. The van der Waals surface area contributed by atoms with Crippen LogP contribution in [0.1, 0.15) is 25.0 Å². The molecule has 0 fully saturated rings. The molecule has 3 rings (SSSR count). The summed E-state index contributed by atoms with van der Waals surface area (Å²) < 4.78 is 14.0. The smallest absolute Gasteiger partial charge is 0.256 e. The van der Waals surface area contributed by atoms with E-state index in [1.807, 2.05) is 6.92 Å². The fourth-order valence-corrected chi connectivity index (χ4v) is 2.75. The van der Waals surface area contributed by atoms with Crippen molar-refractivity contribution in [3.05, 3.63) is 53.4 Å². The Labute approximate surface area is 128 Å². The summed E-state index contributed by atoms with van der Waals surface area (Å²) in [5.74, 6) is -0.470. The summed E-state index contributed by atoms with van der Waals surface area (Å²) in [4.78, 5) is 11.8. The first-order valence-corrected chi connectivity index (χ1v) is 7.19. The number of aryl methyl sites for hydroxylation is 1. The molecule has 112 valence electrons. The van der Waals surface area contributed by atoms with E-state index < -0.39 is 0 Å². The SMILES string of the molecule is C/C=C1\C(=O)Nc2cc(O)c(-c3ccc(CC)c(F)c3)cc21. The average molecular weight is 297 g/mol. The molecule has 0 atom stereocenters. The Kier molecular flexibility index (Phi) is 3.45. The lowest BCUT2D eigenvalue weighted by molar-refractivity contribution is -0.110. The van der Waals surface area contributed by atoms with Crippen LogP contribution in [0.3, 0.4) is 0 Å². The summed E-state index contributed by atoms with van der Waals surface area (Å²) in [5.41, 5.74) is 3.59. The van der Waals surface area contributed by atoms with Crippen molar-refractivity contribution >= 4 is 17.2 Å². The number of halogens is 1. The van der Waals surface area contributed by atoms with Crippen molar-refractivity contribution < 1.29 is 14.3 Å². The topological polar surface area (TPSA) is 49.3 Å². The largest absolute Gasteiger partial charge is 0.507 e. The van der Waals surface area contributed by atoms with Crippen LogP contribution < -0.4 is 5.32 Å². The van der Waals surface area contributed by atoms with E-state index in [-0.39, 0.29) is 17.5 Å². The van der Waals surface area contributed by atoms with E-state index >= 15 is 0 Å². The van der Waals surface area contributed by atoms with Crippen LogP contribution in [-0.2, 0) is 11.2 Å². The number of aromatic hydroxyl groups is 1. The molecular weight excluding hydrogens is 281 g/mol. The second-order valence-electron chi connectivity index (χ2n) is 5.23. The Morgan fingerprint density at radius 2 is 2.00 bits per heavy atom. The highest BCUT2D eigenvalue weighted by Gasteiger charge is 2.25. The van der Waals surface area contributed by atoms with Crippen molar-refractivity contribution in [2.75, 3.05) is 5.32 Å². The quantitative estimate of drug-likeness (QED) is 0.819. The number of anilines is 1. The summed E-state index contributed by atoms with van der Waals surface area (Å²) in [7, 11) is 0. The van der Waals surface area contributed by atoms with E-state index in [0.717, 1.165) is 5.56 Å². The number of hydrogen-bond donors (Lipinski definition) is 2. The van der Waals surface area contributed by atoms with E-state index in [0.29, 0.717) is 34.4 Å². The van der Waals surface area contributed by atoms with Gasteiger partial charge in [0.2, 0.25) is 0 Å². The molecule has 1 aliphatic rings. The standard InChI is InChI=1S/C18H16FNO2/c1-3-10-5-6-11(7-15(10)19)13-8-14-12(4-2)18(22)20-16(14)9-17(13)21/h4-9,21H,3H2,1-2H3,(H,20,22)/b12-4-. The summed E-state index contributed by atoms with van der Waals surface area (Å²) in [6, 6.07) is 8.14. The Balaban J connectivity index is 2.15. The number of hydrogen-bond acceptors (Lipinski definition) is 2. The monoisotopic (exact) mass is 297 g/mol. The van der Waals surface area contributed by atoms with Crippen molar-refractivity contribution in [2.45, 2.75) is 20.3 Å². The van der Waals surface area contributed by atoms with Gasteiger partial charge in [0.15, 0.2) is 0 Å². The van der Waals surface area contributed by atoms with Gasteiger partial charge < -0.3 is 10.4 Å². The van der Waals surface area contributed by atoms with Gasteiger partial charge in [-0.1, -0.05) is 25.1 Å². The van der Waals surface area contributed by atoms with Gasteiger partial charge in [0.05, 0.1) is 5.69 Å². The van der Waals surface area contributed by atoms with E-state index in [2.05, 4.69) is 5.32 Å². The minimum absolute atomic E-state index is 0.0139. The zero-order chi connectivity index (χ0) is 15.9. The minimum atomic E-state index is -0.291. The molecule has 0 spiro atoms. The molecule has 0 aliphatic carbocycles. The van der Waals surface area contributed by atoms with Crippen molar-refractivity contribution in [3.63, 3.8) is 0 Å². The molecule has 1 aliphatic heterocycles. The Bertz CT molecular complexity index is 809. The van der Waals surface area contributed by atoms with Gasteiger partial charge in [0, 0.05) is 22.8 Å². The second kappa shape index (κ2) is 5.30. The highest BCUT2D eigenvalue weighted by molar-refractivity contribution is 6.31. The zero-order valence-corrected chi connectivity index (χ0v) is 12.4. The van der Waals surface area contributed by atoms with Crippen LogP contribution in [0.25, 0.3) is 16.7 Å². The van der Waals surface area contributed by atoms with Gasteiger partial charge in [-0.05, 0) is 36.6 Å². The summed E-state index contributed by atoms with van der Waals surface area (Å²) in [5, 5.41) is 12.9. The molecular formula is C18H16FNO2. The van der Waals surface area contributed by atoms with Crippen LogP contribution in [0.15, 0.2) is 36.4 Å². The number of phenols is 1. The molecule has 2 aromatic carbocycles. The number of carbonyl (C=O) groups is 1. The van der Waals surface area contributed by atoms with Gasteiger partial charge in [-0.25, -0.2) is 4.39 Å². The summed E-state index contributed by atoms with van der Waals surface area (Å²) in [6.45, 7) is 3.67. The van der Waals surface area contributed by atoms with Crippen LogP contribution in [0.4, 0.5) is 10.1 Å². The number of carbonyl (C=O) groups excluding carboxylic acids is 1. The highest BCUT2D eigenvalue weighted by atomic mass is 19.1. The predicted molar refractivity (Wildman–Crippen MR) is 85.2 cm³/mol. The number of nitrogens with one attached hydrogen (secondary N) is 1. The van der Waals surface area contributed by atoms with Gasteiger partial charge >= 0.3 is 0 Å². The first kappa shape index (κ1) is 14.3. The van der Waals surface area contributed by atoms with Gasteiger partial charge in [0.25, 0.3) is 5.91 Å². The number of phenolic OH excluding ortho intramolecular Hbond substituents is 1. The Hall–Kier alpha value is -2.62. The maximum absolute atomic E-state index is 14.0. The van der Waals surface area contributed by atoms with Crippen LogP contribution in [0.5, 0.6) is 5.75 Å². The van der Waals surface area contributed by atoms with Crippen LogP contribution in [-0.4, -0.2) is 11.0 Å². The van der Waals surface area contributed by atoms with Crippen molar-refractivity contribution in [1.82, 2.24) is 0 Å². The van der Waals surface area contributed by atoms with Crippen LogP contribution in [0.2, 0.25) is 0 Å². The normalized spacial score (nSPS) is 15.0. The van der Waals surface area contributed by atoms with Crippen LogP contribution in [0, 0.1) is 5.82 Å². The van der Waals surface area contributed by atoms with Crippen molar-refractivity contribution in [3.8, 4) is 16.9 Å². The lowest BCUT2D eigenvalue weighted by Crippen LogP contribution is -2.03. The number of benzene rings is 2. The van der Waals surface area contributed by atoms with Crippen molar-refractivity contribution in [1.29, 1.82) is 0 Å². The molecule has 3 nitrogen and oxygen atoms in total. The molecule has 2 aromatic rings. The molecule has 0 radical (unpaired) electrons. The number of rotatable bonds is 2. The number of allylic oxidation sites excluding steroid dienone is 1. The zero-order valence-electron chi connectivity index (χ0n) is 12.4. The fraction of sp³-hybridized carbons (Fsp3) is 0.167. The third kappa shape index (κ3) is 2.17. The van der Waals surface area contributed by atoms with Crippen molar-refractivity contribution in [2.24, 2.45) is 0 Å². The minimum Gasteiger partial charge on any atom is -0.507 e. The Morgan fingerprint density at radius 3 is 2.64 bits per heavy atom. The molecule has 4 heteroatoms. The van der Waals surface area contributed by atoms with Gasteiger partial charge in [-0.3, -0.25) is 4.79 Å². The van der Waals surface area contributed by atoms with E-state index in [4.69, 9.17) is 0 Å². The van der Waals surface area contributed by atoms with E-state index in [1.165, 1.54) is 12.1 Å². The number of amides is 1. The first-order valence-electron chi connectivity index (χ1n) is 7.19. The lowest BCUT2D eigenvalue weighted by atomic mass is 9.97. The molecule has 1 heterocycles. The lowest BCUT2D eigenvalue weighted by Gasteiger charge is -2.09. The predicted octanol–water partition coefficient (Wildman–Crippen LogP) is 4.12. The molecule has 0 bridgehead atoms. The van der Waals surface area contributed by atoms with E-state index in [9.17, 15) is 14.3 Å². The van der Waals surface area contributed by atoms with Gasteiger partial charge in [-0.2, -0.15) is 0 Å². The maximum atomic E-state index is 14.0. The highest BCUT2D eigenvalue weighted by Crippen LogP contribution is 2.40. The molecule has 0 saturated carbocycles. The molecule has 0 unspecified atom stereocenters. The number of fused-ring (bicyclic) bond motifs is 1. The average Bonchev–Trinajstić information content (AvgIpc) is 2.80.